The van der Waals surface area contributed by atoms with Crippen molar-refractivity contribution in [3.8, 4) is 44.5 Å². The fourth-order valence-corrected chi connectivity index (χ4v) is 8.80. The lowest BCUT2D eigenvalue weighted by Gasteiger charge is -2.17. The van der Waals surface area contributed by atoms with Crippen LogP contribution in [0.15, 0.2) is 206 Å². The van der Waals surface area contributed by atoms with Gasteiger partial charge in [-0.3, -0.25) is 0 Å². The Kier molecular flexibility index (Phi) is 6.97. The van der Waals surface area contributed by atoms with Gasteiger partial charge in [-0.25, -0.2) is 0 Å². The van der Waals surface area contributed by atoms with Crippen molar-refractivity contribution in [1.82, 2.24) is 0 Å². The summed E-state index contributed by atoms with van der Waals surface area (Å²) >= 11 is 0. The van der Waals surface area contributed by atoms with Gasteiger partial charge in [-0.2, -0.15) is 0 Å². The molecule has 0 radical (unpaired) electrons. The molecule has 0 spiro atoms. The molecule has 54 heavy (non-hydrogen) atoms. The van der Waals surface area contributed by atoms with Gasteiger partial charge in [-0.05, 0) is 133 Å². The Morgan fingerprint density at radius 3 is 0.981 bits per heavy atom. The van der Waals surface area contributed by atoms with Crippen molar-refractivity contribution in [2.24, 2.45) is 0 Å². The van der Waals surface area contributed by atoms with Gasteiger partial charge in [0.05, 0.1) is 0 Å². The van der Waals surface area contributed by atoms with Crippen LogP contribution in [0.5, 0.6) is 0 Å². The summed E-state index contributed by atoms with van der Waals surface area (Å²) in [7, 11) is 0. The second-order valence-corrected chi connectivity index (χ2v) is 14.4. The highest BCUT2D eigenvalue weighted by atomic mass is 14.2. The molecule has 0 aliphatic heterocycles. The third-order valence-electron chi connectivity index (χ3n) is 11.4. The molecule has 11 aromatic rings. The molecule has 11 rings (SSSR count). The van der Waals surface area contributed by atoms with E-state index in [1.807, 2.05) is 0 Å². The minimum atomic E-state index is 1.21. The highest BCUT2D eigenvalue weighted by Crippen LogP contribution is 2.43. The largest absolute Gasteiger partial charge is 0.0616 e. The summed E-state index contributed by atoms with van der Waals surface area (Å²) in [5, 5.41) is 15.2. The molecule has 250 valence electrons. The molecule has 0 aromatic heterocycles. The smallest absolute Gasteiger partial charge is 0.00206 e. The maximum absolute atomic E-state index is 2.37. The zero-order valence-corrected chi connectivity index (χ0v) is 29.6. The minimum absolute atomic E-state index is 1.21. The zero-order chi connectivity index (χ0) is 35.6. The van der Waals surface area contributed by atoms with Crippen molar-refractivity contribution in [2.45, 2.75) is 0 Å². The molecule has 11 aromatic carbocycles. The first-order chi connectivity index (χ1) is 26.8. The Hall–Kier alpha value is -7.02. The van der Waals surface area contributed by atoms with Crippen molar-refractivity contribution < 1.29 is 0 Å². The van der Waals surface area contributed by atoms with Crippen molar-refractivity contribution in [3.05, 3.63) is 206 Å². The first-order valence-corrected chi connectivity index (χ1v) is 18.7. The molecule has 0 saturated carbocycles. The van der Waals surface area contributed by atoms with E-state index in [0.29, 0.717) is 0 Å². The molecule has 0 bridgehead atoms. The van der Waals surface area contributed by atoms with Gasteiger partial charge in [-0.1, -0.05) is 182 Å². The summed E-state index contributed by atoms with van der Waals surface area (Å²) in [5.41, 5.74) is 9.93. The highest BCUT2D eigenvalue weighted by Gasteiger charge is 2.16. The normalized spacial score (nSPS) is 11.7. The molecule has 0 amide bonds. The van der Waals surface area contributed by atoms with E-state index in [1.54, 1.807) is 0 Å². The first kappa shape index (κ1) is 30.6. The molecule has 0 aliphatic carbocycles. The zero-order valence-electron chi connectivity index (χ0n) is 29.6. The Morgan fingerprint density at radius 2 is 0.537 bits per heavy atom. The second kappa shape index (κ2) is 12.3. The highest BCUT2D eigenvalue weighted by molar-refractivity contribution is 6.21. The lowest BCUT2D eigenvalue weighted by atomic mass is 9.87. The predicted octanol–water partition coefficient (Wildman–Crippen LogP) is 15.3. The molecule has 0 atom stereocenters. The van der Waals surface area contributed by atoms with Crippen LogP contribution in [-0.2, 0) is 0 Å². The van der Waals surface area contributed by atoms with E-state index in [9.17, 15) is 0 Å². The molecule has 0 N–H and O–H groups in total. The lowest BCUT2D eigenvalue weighted by molar-refractivity contribution is 1.63. The van der Waals surface area contributed by atoms with E-state index in [1.165, 1.54) is 109 Å². The number of hydrogen-bond donors (Lipinski definition) is 0. The van der Waals surface area contributed by atoms with E-state index in [-0.39, 0.29) is 0 Å². The SMILES string of the molecule is c1ccc2cc(-c3cccc4c(-c5ccc(-c6cc7ccccc7c7c(-c8ccc9ccccc9c8)cccc67)cc5)cc5ccccc5c34)ccc2c1. The van der Waals surface area contributed by atoms with Crippen LogP contribution in [0.4, 0.5) is 0 Å². The van der Waals surface area contributed by atoms with E-state index in [4.69, 9.17) is 0 Å². The van der Waals surface area contributed by atoms with Crippen LogP contribution in [0.25, 0.3) is 109 Å². The fourth-order valence-electron chi connectivity index (χ4n) is 8.80. The molecule has 0 fully saturated rings. The number of hydrogen-bond acceptors (Lipinski definition) is 0. The predicted molar refractivity (Wildman–Crippen MR) is 233 cm³/mol. The van der Waals surface area contributed by atoms with Gasteiger partial charge in [0.1, 0.15) is 0 Å². The Bertz CT molecular complexity index is 3030. The van der Waals surface area contributed by atoms with Crippen molar-refractivity contribution in [1.29, 1.82) is 0 Å². The van der Waals surface area contributed by atoms with E-state index in [2.05, 4.69) is 206 Å². The molecule has 0 saturated heterocycles. The second-order valence-electron chi connectivity index (χ2n) is 14.4. The minimum Gasteiger partial charge on any atom is -0.0616 e. The number of benzene rings is 11. The van der Waals surface area contributed by atoms with Gasteiger partial charge < -0.3 is 0 Å². The maximum atomic E-state index is 2.37. The average molecular weight is 683 g/mol. The number of rotatable bonds is 4. The van der Waals surface area contributed by atoms with E-state index in [0.717, 1.165) is 0 Å². The summed E-state index contributed by atoms with van der Waals surface area (Å²) in [6, 6.07) is 76.2. The van der Waals surface area contributed by atoms with E-state index >= 15 is 0 Å². The van der Waals surface area contributed by atoms with Crippen LogP contribution in [0.3, 0.4) is 0 Å². The van der Waals surface area contributed by atoms with Gasteiger partial charge in [0.25, 0.3) is 0 Å². The van der Waals surface area contributed by atoms with Gasteiger partial charge in [0.15, 0.2) is 0 Å². The summed E-state index contributed by atoms with van der Waals surface area (Å²) in [5.74, 6) is 0. The van der Waals surface area contributed by atoms with Crippen LogP contribution < -0.4 is 0 Å². The van der Waals surface area contributed by atoms with Crippen LogP contribution in [0.1, 0.15) is 0 Å². The van der Waals surface area contributed by atoms with Crippen LogP contribution in [0, 0.1) is 0 Å². The topological polar surface area (TPSA) is 0 Å². The quantitative estimate of drug-likeness (QED) is 0.162. The van der Waals surface area contributed by atoms with Gasteiger partial charge in [0.2, 0.25) is 0 Å². The molecule has 0 unspecified atom stereocenters. The van der Waals surface area contributed by atoms with Crippen molar-refractivity contribution >= 4 is 64.6 Å². The first-order valence-electron chi connectivity index (χ1n) is 18.7. The summed E-state index contributed by atoms with van der Waals surface area (Å²) < 4.78 is 0. The Labute approximate surface area is 314 Å². The third-order valence-corrected chi connectivity index (χ3v) is 11.4. The summed E-state index contributed by atoms with van der Waals surface area (Å²) in [6.45, 7) is 0. The third kappa shape index (κ3) is 4.92. The van der Waals surface area contributed by atoms with Gasteiger partial charge in [-0.15, -0.1) is 0 Å². The van der Waals surface area contributed by atoms with Crippen LogP contribution in [0.2, 0.25) is 0 Å². The molecular formula is C54H34. The summed E-state index contributed by atoms with van der Waals surface area (Å²) in [6.07, 6.45) is 0. The van der Waals surface area contributed by atoms with Crippen LogP contribution >= 0.6 is 0 Å². The Balaban J connectivity index is 1.08. The molecule has 0 heteroatoms. The fraction of sp³-hybridized carbons (Fsp3) is 0. The van der Waals surface area contributed by atoms with Crippen LogP contribution in [-0.4, -0.2) is 0 Å². The molecule has 0 heterocycles. The monoisotopic (exact) mass is 682 g/mol. The van der Waals surface area contributed by atoms with Crippen molar-refractivity contribution in [2.75, 3.05) is 0 Å². The average Bonchev–Trinajstić information content (AvgIpc) is 3.25. The van der Waals surface area contributed by atoms with Gasteiger partial charge >= 0.3 is 0 Å². The summed E-state index contributed by atoms with van der Waals surface area (Å²) in [4.78, 5) is 0. The number of fused-ring (bicyclic) bond motifs is 8. The lowest BCUT2D eigenvalue weighted by Crippen LogP contribution is -1.90. The van der Waals surface area contributed by atoms with Crippen molar-refractivity contribution in [3.63, 3.8) is 0 Å². The molecule has 0 nitrogen and oxygen atoms in total. The van der Waals surface area contributed by atoms with Gasteiger partial charge in [0, 0.05) is 0 Å². The molecular weight excluding hydrogens is 649 g/mol. The Morgan fingerprint density at radius 1 is 0.185 bits per heavy atom. The maximum Gasteiger partial charge on any atom is -0.00206 e. The van der Waals surface area contributed by atoms with E-state index < -0.39 is 0 Å². The standard InChI is InChI=1S/C54H34/c1-3-13-39-31-43(29-23-35(39)11-1)47-19-9-21-49-51(33-41-15-5-7-17-45(41)53(47)49)37-25-27-38(28-26-37)52-34-42-16-6-8-18-46(42)54-48(20-10-22-50(52)54)44-30-24-36-12-2-4-14-40(36)32-44/h1-34H. The molecule has 0 aliphatic rings.